The van der Waals surface area contributed by atoms with Crippen molar-refractivity contribution in [2.24, 2.45) is 0 Å². The van der Waals surface area contributed by atoms with E-state index in [2.05, 4.69) is 157 Å². The zero-order valence-electron chi connectivity index (χ0n) is 24.4. The van der Waals surface area contributed by atoms with Gasteiger partial charge in [-0.2, -0.15) is 0 Å². The Morgan fingerprint density at radius 3 is 1.82 bits per heavy atom. The maximum Gasteiger partial charge on any atom is 0.137 e. The summed E-state index contributed by atoms with van der Waals surface area (Å²) in [5.41, 5.74) is 9.80. The van der Waals surface area contributed by atoms with Crippen LogP contribution in [0.1, 0.15) is 0 Å². The van der Waals surface area contributed by atoms with Gasteiger partial charge in [0.15, 0.2) is 0 Å². The maximum absolute atomic E-state index is 6.39. The van der Waals surface area contributed by atoms with Gasteiger partial charge in [-0.05, 0) is 65.2 Å². The number of para-hydroxylation sites is 1. The predicted octanol–water partition coefficient (Wildman–Crippen LogP) is 12.8. The molecule has 0 spiro atoms. The van der Waals surface area contributed by atoms with Gasteiger partial charge in [0.1, 0.15) is 11.2 Å². The number of hydrogen-bond acceptors (Lipinski definition) is 3. The third kappa shape index (κ3) is 4.40. The van der Waals surface area contributed by atoms with Crippen molar-refractivity contribution >= 4 is 70.5 Å². The molecule has 7 aromatic carbocycles. The highest BCUT2D eigenvalue weighted by Gasteiger charge is 2.21. The summed E-state index contributed by atoms with van der Waals surface area (Å²) in [5.74, 6) is 0. The molecule has 2 nitrogen and oxygen atoms in total. The van der Waals surface area contributed by atoms with Crippen molar-refractivity contribution in [2.75, 3.05) is 4.90 Å². The number of anilines is 3. The summed E-state index contributed by atoms with van der Waals surface area (Å²) >= 11 is 1.85. The third-order valence-electron chi connectivity index (χ3n) is 8.67. The van der Waals surface area contributed by atoms with Crippen LogP contribution in [0.25, 0.3) is 64.4 Å². The second-order valence-corrected chi connectivity index (χ2v) is 12.4. The van der Waals surface area contributed by atoms with Gasteiger partial charge in [-0.1, -0.05) is 109 Å². The van der Waals surface area contributed by atoms with Crippen LogP contribution in [-0.4, -0.2) is 0 Å². The lowest BCUT2D eigenvalue weighted by Crippen LogP contribution is -2.11. The van der Waals surface area contributed by atoms with E-state index in [0.29, 0.717) is 0 Å². The number of fused-ring (bicyclic) bond motifs is 6. The summed E-state index contributed by atoms with van der Waals surface area (Å²) in [6, 6.07) is 58.5. The molecule has 0 saturated heterocycles. The second-order valence-electron chi connectivity index (χ2n) is 11.4. The van der Waals surface area contributed by atoms with Crippen molar-refractivity contribution in [1.82, 2.24) is 0 Å². The normalized spacial score (nSPS) is 11.6. The molecule has 0 aliphatic heterocycles. The second kappa shape index (κ2) is 10.5. The van der Waals surface area contributed by atoms with Crippen molar-refractivity contribution in [3.05, 3.63) is 164 Å². The Morgan fingerprint density at radius 1 is 0.400 bits per heavy atom. The minimum absolute atomic E-state index is 0.879. The van der Waals surface area contributed by atoms with Crippen LogP contribution >= 0.6 is 11.3 Å². The molecule has 9 rings (SSSR count). The molecular weight excluding hydrogens is 567 g/mol. The Kier molecular flexibility index (Phi) is 6.03. The summed E-state index contributed by atoms with van der Waals surface area (Å²) < 4.78 is 8.96. The van der Waals surface area contributed by atoms with E-state index < -0.39 is 0 Å². The molecule has 3 heteroatoms. The number of thiophene rings is 1. The fourth-order valence-corrected chi connectivity index (χ4v) is 7.63. The van der Waals surface area contributed by atoms with Crippen LogP contribution in [0, 0.1) is 0 Å². The monoisotopic (exact) mass is 593 g/mol. The van der Waals surface area contributed by atoms with Crippen LogP contribution in [-0.2, 0) is 0 Å². The van der Waals surface area contributed by atoms with Crippen molar-refractivity contribution in [3.8, 4) is 22.3 Å². The highest BCUT2D eigenvalue weighted by Crippen LogP contribution is 2.47. The van der Waals surface area contributed by atoms with E-state index in [0.717, 1.165) is 39.0 Å². The van der Waals surface area contributed by atoms with Gasteiger partial charge < -0.3 is 9.32 Å². The van der Waals surface area contributed by atoms with Crippen LogP contribution in [0.3, 0.4) is 0 Å². The molecule has 45 heavy (non-hydrogen) atoms. The average molecular weight is 594 g/mol. The molecule has 0 amide bonds. The van der Waals surface area contributed by atoms with Crippen molar-refractivity contribution < 1.29 is 4.42 Å². The molecule has 212 valence electrons. The molecule has 0 atom stereocenters. The third-order valence-corrected chi connectivity index (χ3v) is 9.81. The number of hydrogen-bond donors (Lipinski definition) is 0. The first-order chi connectivity index (χ1) is 22.3. The lowest BCUT2D eigenvalue weighted by molar-refractivity contribution is 0.669. The molecule has 0 aliphatic carbocycles. The predicted molar refractivity (Wildman–Crippen MR) is 192 cm³/mol. The summed E-state index contributed by atoms with van der Waals surface area (Å²) in [4.78, 5) is 2.38. The standard InChI is InChI=1S/C42H27NOS/c1-3-11-28(12-4-1)29-19-21-31(22-20-29)43(32-23-24-34-33-15-7-9-17-39(33)44-40(34)25-32)38-27-42-37(35-16-8-10-18-41(35)45-42)26-36(38)30-13-5-2-6-14-30/h1-27H. The molecule has 0 bridgehead atoms. The van der Waals surface area contributed by atoms with E-state index in [9.17, 15) is 0 Å². The van der Waals surface area contributed by atoms with Gasteiger partial charge in [0, 0.05) is 53.9 Å². The van der Waals surface area contributed by atoms with E-state index in [1.807, 2.05) is 23.5 Å². The van der Waals surface area contributed by atoms with E-state index in [1.165, 1.54) is 42.4 Å². The average Bonchev–Trinajstić information content (AvgIpc) is 3.66. The minimum atomic E-state index is 0.879. The lowest BCUT2D eigenvalue weighted by atomic mass is 9.98. The maximum atomic E-state index is 6.39. The van der Waals surface area contributed by atoms with Crippen molar-refractivity contribution in [1.29, 1.82) is 0 Å². The van der Waals surface area contributed by atoms with Crippen LogP contribution < -0.4 is 4.90 Å². The lowest BCUT2D eigenvalue weighted by Gasteiger charge is -2.28. The topological polar surface area (TPSA) is 16.4 Å². The SMILES string of the molecule is c1ccc(-c2ccc(N(c3ccc4c(c3)oc3ccccc34)c3cc4sc5ccccc5c4cc3-c3ccccc3)cc2)cc1. The molecule has 0 radical (unpaired) electrons. The summed E-state index contributed by atoms with van der Waals surface area (Å²) in [7, 11) is 0. The van der Waals surface area contributed by atoms with Crippen LogP contribution in [0.15, 0.2) is 168 Å². The largest absolute Gasteiger partial charge is 0.456 e. The van der Waals surface area contributed by atoms with E-state index in [4.69, 9.17) is 4.42 Å². The van der Waals surface area contributed by atoms with Gasteiger partial charge in [-0.3, -0.25) is 0 Å². The quantitative estimate of drug-likeness (QED) is 0.197. The minimum Gasteiger partial charge on any atom is -0.456 e. The van der Waals surface area contributed by atoms with E-state index in [-0.39, 0.29) is 0 Å². The Morgan fingerprint density at radius 2 is 1.02 bits per heavy atom. The highest BCUT2D eigenvalue weighted by molar-refractivity contribution is 7.25. The van der Waals surface area contributed by atoms with Crippen molar-refractivity contribution in [2.45, 2.75) is 0 Å². The Hall–Kier alpha value is -5.64. The highest BCUT2D eigenvalue weighted by atomic mass is 32.1. The van der Waals surface area contributed by atoms with Gasteiger partial charge >= 0.3 is 0 Å². The summed E-state index contributed by atoms with van der Waals surface area (Å²) in [6.45, 7) is 0. The molecule has 0 unspecified atom stereocenters. The van der Waals surface area contributed by atoms with Gasteiger partial charge in [0.2, 0.25) is 0 Å². The molecule has 0 N–H and O–H groups in total. The molecular formula is C42H27NOS. The first kappa shape index (κ1) is 25.8. The smallest absolute Gasteiger partial charge is 0.137 e. The van der Waals surface area contributed by atoms with Crippen molar-refractivity contribution in [3.63, 3.8) is 0 Å². The van der Waals surface area contributed by atoms with E-state index >= 15 is 0 Å². The van der Waals surface area contributed by atoms with E-state index in [1.54, 1.807) is 0 Å². The Balaban J connectivity index is 1.31. The zero-order valence-corrected chi connectivity index (χ0v) is 25.2. The van der Waals surface area contributed by atoms with Crippen LogP contribution in [0.2, 0.25) is 0 Å². The Bertz CT molecular complexity index is 2470. The molecule has 2 heterocycles. The molecule has 2 aromatic heterocycles. The summed E-state index contributed by atoms with van der Waals surface area (Å²) in [6.07, 6.45) is 0. The van der Waals surface area contributed by atoms with Crippen LogP contribution in [0.5, 0.6) is 0 Å². The van der Waals surface area contributed by atoms with Gasteiger partial charge in [-0.15, -0.1) is 11.3 Å². The number of furan rings is 1. The Labute approximate surface area is 265 Å². The number of nitrogens with zero attached hydrogens (tertiary/aromatic N) is 1. The fourth-order valence-electron chi connectivity index (χ4n) is 6.51. The molecule has 0 aliphatic rings. The summed E-state index contributed by atoms with van der Waals surface area (Å²) in [5, 5.41) is 4.83. The zero-order chi connectivity index (χ0) is 29.7. The van der Waals surface area contributed by atoms with Gasteiger partial charge in [-0.25, -0.2) is 0 Å². The molecule has 9 aromatic rings. The number of benzene rings is 7. The first-order valence-electron chi connectivity index (χ1n) is 15.2. The molecule has 0 saturated carbocycles. The van der Waals surface area contributed by atoms with Gasteiger partial charge in [0.25, 0.3) is 0 Å². The number of rotatable bonds is 5. The van der Waals surface area contributed by atoms with Crippen LogP contribution in [0.4, 0.5) is 17.1 Å². The van der Waals surface area contributed by atoms with Gasteiger partial charge in [0.05, 0.1) is 5.69 Å². The first-order valence-corrected chi connectivity index (χ1v) is 16.0. The molecule has 0 fully saturated rings. The fraction of sp³-hybridized carbons (Fsp3) is 0.